The van der Waals surface area contributed by atoms with E-state index in [1.54, 1.807) is 0 Å². The minimum atomic E-state index is -0.881. The molecule has 0 bridgehead atoms. The zero-order valence-electron chi connectivity index (χ0n) is 9.31. The number of carbonyl (C=O) groups is 1. The molecule has 0 aliphatic rings. The summed E-state index contributed by atoms with van der Waals surface area (Å²) >= 11 is 5.16. The van der Waals surface area contributed by atoms with E-state index in [9.17, 15) is 4.79 Å². The Morgan fingerprint density at radius 3 is 2.31 bits per heavy atom. The summed E-state index contributed by atoms with van der Waals surface area (Å²) in [5, 5.41) is 11.9. The van der Waals surface area contributed by atoms with E-state index in [0.29, 0.717) is 4.99 Å². The highest BCUT2D eigenvalue weighted by Crippen LogP contribution is 2.05. The molecule has 16 heavy (non-hydrogen) atoms. The van der Waals surface area contributed by atoms with Gasteiger partial charge in [-0.2, -0.15) is 0 Å². The van der Waals surface area contributed by atoms with Crippen LogP contribution in [0.2, 0.25) is 0 Å². The Bertz CT molecular complexity index is 376. The molecule has 3 nitrogen and oxygen atoms in total. The Kier molecular flexibility index (Phi) is 4.43. The van der Waals surface area contributed by atoms with Crippen molar-refractivity contribution < 1.29 is 9.90 Å². The molecule has 1 aromatic rings. The summed E-state index contributed by atoms with van der Waals surface area (Å²) < 4.78 is 0. The van der Waals surface area contributed by atoms with Gasteiger partial charge in [0.15, 0.2) is 0 Å². The molecular weight excluding hydrogens is 222 g/mol. The van der Waals surface area contributed by atoms with Crippen LogP contribution in [0.1, 0.15) is 19.4 Å². The van der Waals surface area contributed by atoms with E-state index in [1.165, 1.54) is 0 Å². The monoisotopic (exact) mass is 237 g/mol. The van der Waals surface area contributed by atoms with Gasteiger partial charge in [-0.15, -0.1) is 0 Å². The molecule has 1 unspecified atom stereocenters. The van der Waals surface area contributed by atoms with Crippen LogP contribution in [-0.2, 0) is 4.79 Å². The lowest BCUT2D eigenvalue weighted by atomic mass is 10.0. The second-order valence-corrected chi connectivity index (χ2v) is 4.31. The normalized spacial score (nSPS) is 12.2. The van der Waals surface area contributed by atoms with Gasteiger partial charge in [-0.05, 0) is 5.92 Å². The fourth-order valence-corrected chi connectivity index (χ4v) is 1.59. The third-order valence-electron chi connectivity index (χ3n) is 2.26. The van der Waals surface area contributed by atoms with E-state index < -0.39 is 12.0 Å². The van der Waals surface area contributed by atoms with Gasteiger partial charge >= 0.3 is 5.97 Å². The van der Waals surface area contributed by atoms with Crippen LogP contribution in [0.5, 0.6) is 0 Å². The Labute approximate surface area is 100 Å². The highest BCUT2D eigenvalue weighted by molar-refractivity contribution is 7.80. The van der Waals surface area contributed by atoms with Crippen molar-refractivity contribution in [1.29, 1.82) is 0 Å². The van der Waals surface area contributed by atoms with E-state index in [2.05, 4.69) is 5.32 Å². The van der Waals surface area contributed by atoms with Crippen LogP contribution in [0, 0.1) is 5.92 Å². The van der Waals surface area contributed by atoms with Gasteiger partial charge in [0.1, 0.15) is 11.0 Å². The van der Waals surface area contributed by atoms with Gasteiger partial charge in [-0.1, -0.05) is 56.4 Å². The molecule has 4 heteroatoms. The summed E-state index contributed by atoms with van der Waals surface area (Å²) in [5.74, 6) is -0.896. The molecule has 1 rings (SSSR count). The van der Waals surface area contributed by atoms with Crippen molar-refractivity contribution >= 4 is 23.2 Å². The maximum Gasteiger partial charge on any atom is 0.326 e. The molecule has 0 heterocycles. The molecule has 2 N–H and O–H groups in total. The fraction of sp³-hybridized carbons (Fsp3) is 0.333. The number of benzene rings is 1. The summed E-state index contributed by atoms with van der Waals surface area (Å²) in [4.78, 5) is 11.5. The first-order chi connectivity index (χ1) is 7.52. The van der Waals surface area contributed by atoms with Crippen LogP contribution in [0.4, 0.5) is 0 Å². The number of hydrogen-bond acceptors (Lipinski definition) is 2. The van der Waals surface area contributed by atoms with E-state index in [-0.39, 0.29) is 5.92 Å². The summed E-state index contributed by atoms with van der Waals surface area (Å²) in [6.07, 6.45) is 0. The summed E-state index contributed by atoms with van der Waals surface area (Å²) in [6.45, 7) is 3.69. The van der Waals surface area contributed by atoms with Crippen LogP contribution < -0.4 is 5.32 Å². The predicted molar refractivity (Wildman–Crippen MR) is 67.5 cm³/mol. The van der Waals surface area contributed by atoms with Crippen molar-refractivity contribution in [2.24, 2.45) is 5.92 Å². The first-order valence-electron chi connectivity index (χ1n) is 5.11. The minimum Gasteiger partial charge on any atom is -0.480 e. The van der Waals surface area contributed by atoms with Crippen LogP contribution in [-0.4, -0.2) is 22.1 Å². The second kappa shape index (κ2) is 5.61. The molecule has 0 aromatic heterocycles. The molecular formula is C12H15NO2S. The summed E-state index contributed by atoms with van der Waals surface area (Å²) in [7, 11) is 0. The van der Waals surface area contributed by atoms with Crippen molar-refractivity contribution in [1.82, 2.24) is 5.32 Å². The van der Waals surface area contributed by atoms with Gasteiger partial charge in [0.25, 0.3) is 0 Å². The lowest BCUT2D eigenvalue weighted by Gasteiger charge is -2.19. The second-order valence-electron chi connectivity index (χ2n) is 3.90. The standard InChI is InChI=1S/C12H15NO2S/c1-8(2)10(12(14)15)13-11(16)9-6-4-3-5-7-9/h3-8,10H,1-2H3,(H,13,16)(H,14,15). The van der Waals surface area contributed by atoms with Gasteiger partial charge in [0, 0.05) is 5.56 Å². The topological polar surface area (TPSA) is 49.3 Å². The Hall–Kier alpha value is -1.42. The smallest absolute Gasteiger partial charge is 0.326 e. The SMILES string of the molecule is CC(C)C(NC(=S)c1ccccc1)C(=O)O. The third kappa shape index (κ3) is 3.31. The van der Waals surface area contributed by atoms with E-state index >= 15 is 0 Å². The average molecular weight is 237 g/mol. The van der Waals surface area contributed by atoms with Gasteiger partial charge < -0.3 is 10.4 Å². The molecule has 0 aliphatic carbocycles. The number of aliphatic carboxylic acids is 1. The maximum absolute atomic E-state index is 11.0. The van der Waals surface area contributed by atoms with Crippen molar-refractivity contribution in [3.63, 3.8) is 0 Å². The number of hydrogen-bond donors (Lipinski definition) is 2. The number of rotatable bonds is 4. The van der Waals surface area contributed by atoms with Crippen molar-refractivity contribution in [3.05, 3.63) is 35.9 Å². The molecule has 1 aromatic carbocycles. The molecule has 1 atom stereocenters. The summed E-state index contributed by atoms with van der Waals surface area (Å²) in [6, 6.07) is 8.70. The quantitative estimate of drug-likeness (QED) is 0.787. The van der Waals surface area contributed by atoms with Crippen LogP contribution in [0.3, 0.4) is 0 Å². The number of carboxylic acid groups (broad SMARTS) is 1. The van der Waals surface area contributed by atoms with Crippen LogP contribution in [0.25, 0.3) is 0 Å². The summed E-state index contributed by atoms with van der Waals surface area (Å²) in [5.41, 5.74) is 0.837. The molecule has 0 aliphatic heterocycles. The van der Waals surface area contributed by atoms with Gasteiger partial charge in [0.05, 0.1) is 0 Å². The first kappa shape index (κ1) is 12.6. The van der Waals surface area contributed by atoms with Crippen molar-refractivity contribution in [3.8, 4) is 0 Å². The fourth-order valence-electron chi connectivity index (χ4n) is 1.33. The lowest BCUT2D eigenvalue weighted by molar-refractivity contribution is -0.140. The van der Waals surface area contributed by atoms with E-state index in [0.717, 1.165) is 5.56 Å². The average Bonchev–Trinajstić information content (AvgIpc) is 2.25. The Balaban J connectivity index is 2.74. The van der Waals surface area contributed by atoms with Crippen molar-refractivity contribution in [2.75, 3.05) is 0 Å². The maximum atomic E-state index is 11.0. The molecule has 86 valence electrons. The zero-order valence-corrected chi connectivity index (χ0v) is 10.1. The molecule has 0 amide bonds. The van der Waals surface area contributed by atoms with Gasteiger partial charge in [-0.25, -0.2) is 4.79 Å². The Morgan fingerprint density at radius 1 is 1.31 bits per heavy atom. The number of carboxylic acids is 1. The molecule has 0 fully saturated rings. The van der Waals surface area contributed by atoms with E-state index in [1.807, 2.05) is 44.2 Å². The van der Waals surface area contributed by atoms with E-state index in [4.69, 9.17) is 17.3 Å². The van der Waals surface area contributed by atoms with Gasteiger partial charge in [0.2, 0.25) is 0 Å². The predicted octanol–water partition coefficient (Wildman–Crippen LogP) is 2.06. The van der Waals surface area contributed by atoms with Crippen LogP contribution >= 0.6 is 12.2 Å². The lowest BCUT2D eigenvalue weighted by Crippen LogP contribution is -2.43. The molecule has 0 spiro atoms. The van der Waals surface area contributed by atoms with Gasteiger partial charge in [-0.3, -0.25) is 0 Å². The highest BCUT2D eigenvalue weighted by atomic mass is 32.1. The molecule has 0 saturated carbocycles. The number of nitrogens with one attached hydrogen (secondary N) is 1. The van der Waals surface area contributed by atoms with Crippen molar-refractivity contribution in [2.45, 2.75) is 19.9 Å². The molecule has 0 radical (unpaired) electrons. The largest absolute Gasteiger partial charge is 0.480 e. The zero-order chi connectivity index (χ0) is 12.1. The molecule has 0 saturated heterocycles. The highest BCUT2D eigenvalue weighted by Gasteiger charge is 2.22. The first-order valence-corrected chi connectivity index (χ1v) is 5.52. The third-order valence-corrected chi connectivity index (χ3v) is 2.61. The minimum absolute atomic E-state index is 0.0147. The Morgan fingerprint density at radius 2 is 1.88 bits per heavy atom. The number of thiocarbonyl (C=S) groups is 1. The van der Waals surface area contributed by atoms with Crippen LogP contribution in [0.15, 0.2) is 30.3 Å².